The van der Waals surface area contributed by atoms with Crippen LogP contribution in [0.4, 0.5) is 5.69 Å². The SMILES string of the molecule is CCCCCCCCCCC(C#N)(Cc1ccc2[nH]ccc2c1)C(=O)Nc1cccc2cccnc12. The molecule has 2 aromatic heterocycles. The first kappa shape index (κ1) is 25.4. The number of nitrogens with zero attached hydrogens (tertiary/aromatic N) is 2. The van der Waals surface area contributed by atoms with Crippen molar-refractivity contribution in [2.45, 2.75) is 71.1 Å². The van der Waals surface area contributed by atoms with Gasteiger partial charge in [0.1, 0.15) is 5.41 Å². The van der Waals surface area contributed by atoms with Gasteiger partial charge < -0.3 is 10.3 Å². The zero-order valence-corrected chi connectivity index (χ0v) is 21.2. The number of pyridine rings is 1. The molecule has 2 N–H and O–H groups in total. The van der Waals surface area contributed by atoms with E-state index in [4.69, 9.17) is 0 Å². The van der Waals surface area contributed by atoms with E-state index in [2.05, 4.69) is 34.3 Å². The lowest BCUT2D eigenvalue weighted by atomic mass is 9.77. The third-order valence-electron chi connectivity index (χ3n) is 7.11. The zero-order valence-electron chi connectivity index (χ0n) is 21.2. The molecule has 0 aliphatic rings. The minimum absolute atomic E-state index is 0.250. The number of benzene rings is 2. The van der Waals surface area contributed by atoms with Crippen molar-refractivity contribution < 1.29 is 4.79 Å². The predicted molar refractivity (Wildman–Crippen MR) is 148 cm³/mol. The fraction of sp³-hybridized carbons (Fsp3) is 0.387. The smallest absolute Gasteiger partial charge is 0.245 e. The summed E-state index contributed by atoms with van der Waals surface area (Å²) in [6, 6.07) is 20.2. The maximum Gasteiger partial charge on any atom is 0.245 e. The molecule has 5 nitrogen and oxygen atoms in total. The first-order chi connectivity index (χ1) is 17.6. The molecular weight excluding hydrogens is 444 g/mol. The first-order valence-electron chi connectivity index (χ1n) is 13.3. The summed E-state index contributed by atoms with van der Waals surface area (Å²) in [7, 11) is 0. The molecule has 36 heavy (non-hydrogen) atoms. The number of H-pyrrole nitrogens is 1. The Hall–Kier alpha value is -3.65. The first-order valence-corrected chi connectivity index (χ1v) is 13.3. The largest absolute Gasteiger partial charge is 0.361 e. The Kier molecular flexibility index (Phi) is 8.73. The molecule has 0 aliphatic carbocycles. The van der Waals surface area contributed by atoms with Crippen LogP contribution < -0.4 is 5.32 Å². The molecule has 2 aromatic carbocycles. The number of fused-ring (bicyclic) bond motifs is 2. The Morgan fingerprint density at radius 1 is 0.972 bits per heavy atom. The topological polar surface area (TPSA) is 81.6 Å². The standard InChI is InChI=1S/C31H36N4O/c1-2-3-4-5-6-7-8-9-18-31(23-32,22-24-15-16-27-26(21-24)17-20-33-27)30(36)35-28-14-10-12-25-13-11-19-34-29(25)28/h10-17,19-21,33H,2-9,18,22H2,1H3,(H,35,36). The van der Waals surface area contributed by atoms with E-state index in [9.17, 15) is 10.1 Å². The van der Waals surface area contributed by atoms with Gasteiger partial charge in [0.25, 0.3) is 0 Å². The van der Waals surface area contributed by atoms with Crippen LogP contribution in [-0.2, 0) is 11.2 Å². The van der Waals surface area contributed by atoms with Crippen LogP contribution in [0.5, 0.6) is 0 Å². The zero-order chi connectivity index (χ0) is 25.2. The number of para-hydroxylation sites is 1. The minimum atomic E-state index is -1.15. The molecule has 1 amide bonds. The normalized spacial score (nSPS) is 12.9. The quantitative estimate of drug-likeness (QED) is 0.191. The molecule has 0 radical (unpaired) electrons. The summed E-state index contributed by atoms with van der Waals surface area (Å²) in [6.45, 7) is 2.23. The van der Waals surface area contributed by atoms with Crippen molar-refractivity contribution in [3.63, 3.8) is 0 Å². The summed E-state index contributed by atoms with van der Waals surface area (Å²) in [4.78, 5) is 21.5. The molecule has 0 spiro atoms. The number of nitrogens with one attached hydrogen (secondary N) is 2. The number of amides is 1. The average Bonchev–Trinajstić information content (AvgIpc) is 3.37. The van der Waals surface area contributed by atoms with Crippen LogP contribution in [0, 0.1) is 16.7 Å². The number of unbranched alkanes of at least 4 members (excludes halogenated alkanes) is 7. The van der Waals surface area contributed by atoms with Gasteiger partial charge in [0.05, 0.1) is 17.3 Å². The van der Waals surface area contributed by atoms with Crippen LogP contribution in [0.2, 0.25) is 0 Å². The third kappa shape index (κ3) is 6.12. The molecule has 0 fully saturated rings. The van der Waals surface area contributed by atoms with Gasteiger partial charge in [-0.25, -0.2) is 0 Å². The Morgan fingerprint density at radius 3 is 2.56 bits per heavy atom. The highest BCUT2D eigenvalue weighted by molar-refractivity contribution is 6.03. The van der Waals surface area contributed by atoms with Gasteiger partial charge in [0.15, 0.2) is 0 Å². The van der Waals surface area contributed by atoms with Crippen LogP contribution in [0.3, 0.4) is 0 Å². The van der Waals surface area contributed by atoms with Crippen molar-refractivity contribution in [2.24, 2.45) is 5.41 Å². The van der Waals surface area contributed by atoms with E-state index in [1.165, 1.54) is 32.1 Å². The Bertz CT molecular complexity index is 1330. The fourth-order valence-corrected chi connectivity index (χ4v) is 5.00. The van der Waals surface area contributed by atoms with E-state index in [0.717, 1.165) is 46.6 Å². The molecular formula is C31H36N4O. The van der Waals surface area contributed by atoms with Crippen LogP contribution >= 0.6 is 0 Å². The highest BCUT2D eigenvalue weighted by atomic mass is 16.2. The van der Waals surface area contributed by atoms with Crippen LogP contribution in [0.1, 0.15) is 70.3 Å². The fourth-order valence-electron chi connectivity index (χ4n) is 5.00. The van der Waals surface area contributed by atoms with E-state index in [1.807, 2.05) is 54.7 Å². The van der Waals surface area contributed by atoms with E-state index in [0.29, 0.717) is 18.5 Å². The summed E-state index contributed by atoms with van der Waals surface area (Å²) >= 11 is 0. The van der Waals surface area contributed by atoms with Crippen molar-refractivity contribution in [3.05, 3.63) is 72.6 Å². The van der Waals surface area contributed by atoms with E-state index in [1.54, 1.807) is 6.20 Å². The highest BCUT2D eigenvalue weighted by Crippen LogP contribution is 2.33. The van der Waals surface area contributed by atoms with Gasteiger partial charge in [0, 0.05) is 29.7 Å². The molecule has 5 heteroatoms. The maximum absolute atomic E-state index is 13.8. The number of hydrogen-bond donors (Lipinski definition) is 2. The second kappa shape index (κ2) is 12.4. The van der Waals surface area contributed by atoms with Gasteiger partial charge in [-0.05, 0) is 47.7 Å². The molecule has 4 aromatic rings. The molecule has 0 aliphatic heterocycles. The molecule has 0 bridgehead atoms. The average molecular weight is 481 g/mol. The van der Waals surface area contributed by atoms with Crippen LogP contribution in [0.25, 0.3) is 21.8 Å². The molecule has 4 rings (SSSR count). The van der Waals surface area contributed by atoms with E-state index < -0.39 is 5.41 Å². The van der Waals surface area contributed by atoms with Crippen molar-refractivity contribution in [3.8, 4) is 6.07 Å². The number of aromatic nitrogens is 2. The predicted octanol–water partition coefficient (Wildman–Crippen LogP) is 7.94. The number of aromatic amines is 1. The summed E-state index contributed by atoms with van der Waals surface area (Å²) in [5.41, 5.74) is 2.28. The Morgan fingerprint density at radius 2 is 1.75 bits per heavy atom. The highest BCUT2D eigenvalue weighted by Gasteiger charge is 2.39. The van der Waals surface area contributed by atoms with Gasteiger partial charge in [-0.3, -0.25) is 9.78 Å². The number of rotatable bonds is 13. The maximum atomic E-state index is 13.8. The van der Waals surface area contributed by atoms with Crippen molar-refractivity contribution in [1.29, 1.82) is 5.26 Å². The lowest BCUT2D eigenvalue weighted by Gasteiger charge is -2.26. The van der Waals surface area contributed by atoms with E-state index in [-0.39, 0.29) is 5.91 Å². The molecule has 1 atom stereocenters. The van der Waals surface area contributed by atoms with Gasteiger partial charge in [-0.15, -0.1) is 0 Å². The number of nitriles is 1. The van der Waals surface area contributed by atoms with Gasteiger partial charge in [-0.1, -0.05) is 82.6 Å². The van der Waals surface area contributed by atoms with Gasteiger partial charge >= 0.3 is 0 Å². The molecule has 186 valence electrons. The van der Waals surface area contributed by atoms with Crippen molar-refractivity contribution in [1.82, 2.24) is 9.97 Å². The lowest BCUT2D eigenvalue weighted by molar-refractivity contribution is -0.123. The summed E-state index contributed by atoms with van der Waals surface area (Å²) in [5, 5.41) is 15.6. The van der Waals surface area contributed by atoms with Crippen molar-refractivity contribution in [2.75, 3.05) is 5.32 Å². The second-order valence-corrected chi connectivity index (χ2v) is 9.83. The number of anilines is 1. The number of carbonyl (C=O) groups is 1. The summed E-state index contributed by atoms with van der Waals surface area (Å²) < 4.78 is 0. The van der Waals surface area contributed by atoms with Gasteiger partial charge in [-0.2, -0.15) is 5.26 Å². The minimum Gasteiger partial charge on any atom is -0.361 e. The van der Waals surface area contributed by atoms with E-state index >= 15 is 0 Å². The summed E-state index contributed by atoms with van der Waals surface area (Å²) in [6.07, 6.45) is 13.9. The Balaban J connectivity index is 1.52. The van der Waals surface area contributed by atoms with Crippen molar-refractivity contribution >= 4 is 33.4 Å². The second-order valence-electron chi connectivity index (χ2n) is 9.83. The molecule has 1 unspecified atom stereocenters. The molecule has 2 heterocycles. The Labute approximate surface area is 213 Å². The van der Waals surface area contributed by atoms with Crippen LogP contribution in [0.15, 0.2) is 67.0 Å². The lowest BCUT2D eigenvalue weighted by Crippen LogP contribution is -2.37. The number of hydrogen-bond acceptors (Lipinski definition) is 3. The molecule has 0 saturated carbocycles. The monoisotopic (exact) mass is 480 g/mol. The molecule has 0 saturated heterocycles. The summed E-state index contributed by atoms with van der Waals surface area (Å²) in [5.74, 6) is -0.250. The third-order valence-corrected chi connectivity index (χ3v) is 7.11. The van der Waals surface area contributed by atoms with Crippen LogP contribution in [-0.4, -0.2) is 15.9 Å². The van der Waals surface area contributed by atoms with Gasteiger partial charge in [0.2, 0.25) is 5.91 Å². The number of carbonyl (C=O) groups excluding carboxylic acids is 1.